The summed E-state index contributed by atoms with van der Waals surface area (Å²) in [5.41, 5.74) is 5.82. The van der Waals surface area contributed by atoms with Crippen LogP contribution in [0.5, 0.6) is 0 Å². The molecule has 0 saturated heterocycles. The lowest BCUT2D eigenvalue weighted by Crippen LogP contribution is -2.14. The Kier molecular flexibility index (Phi) is 9.09. The Bertz CT molecular complexity index is 448. The first kappa shape index (κ1) is 18.3. The van der Waals surface area contributed by atoms with Gasteiger partial charge in [-0.3, -0.25) is 9.48 Å². The van der Waals surface area contributed by atoms with E-state index in [0.717, 1.165) is 25.1 Å². The summed E-state index contributed by atoms with van der Waals surface area (Å²) >= 11 is 0. The maximum Gasteiger partial charge on any atom is 0.219 e. The van der Waals surface area contributed by atoms with E-state index in [1.807, 2.05) is 17.0 Å². The number of carbonyl (C=O) groups excluding carboxylic acids is 1. The van der Waals surface area contributed by atoms with Crippen molar-refractivity contribution in [3.05, 3.63) is 24.5 Å². The number of aryl methyl sites for hydroxylation is 1. The molecule has 7 nitrogen and oxygen atoms in total. The molecule has 1 rings (SSSR count). The van der Waals surface area contributed by atoms with Gasteiger partial charge in [0.1, 0.15) is 5.69 Å². The van der Waals surface area contributed by atoms with Crippen LogP contribution in [0.3, 0.4) is 0 Å². The van der Waals surface area contributed by atoms with Crippen molar-refractivity contribution in [3.63, 3.8) is 0 Å². The number of primary amides is 1. The van der Waals surface area contributed by atoms with Crippen LogP contribution in [-0.2, 0) is 27.4 Å². The monoisotopic (exact) mass is 310 g/mol. The average molecular weight is 310 g/mol. The van der Waals surface area contributed by atoms with Gasteiger partial charge in [-0.25, -0.2) is 0 Å². The molecule has 0 aliphatic heterocycles. The second-order valence-electron chi connectivity index (χ2n) is 5.21. The van der Waals surface area contributed by atoms with E-state index in [1.54, 1.807) is 0 Å². The third-order valence-electron chi connectivity index (χ3n) is 3.12. The summed E-state index contributed by atoms with van der Waals surface area (Å²) in [6.45, 7) is 8.66. The van der Waals surface area contributed by atoms with Crippen LogP contribution in [0.25, 0.3) is 0 Å². The van der Waals surface area contributed by atoms with Crippen LogP contribution in [0.4, 0.5) is 0 Å². The first-order valence-electron chi connectivity index (χ1n) is 7.57. The Balaban J connectivity index is 2.04. The summed E-state index contributed by atoms with van der Waals surface area (Å²) in [4.78, 5) is 10.5. The molecule has 124 valence electrons. The van der Waals surface area contributed by atoms with Crippen molar-refractivity contribution in [3.8, 4) is 0 Å². The minimum absolute atomic E-state index is 0.258. The van der Waals surface area contributed by atoms with Crippen molar-refractivity contribution in [1.29, 1.82) is 0 Å². The van der Waals surface area contributed by atoms with Crippen molar-refractivity contribution in [2.24, 2.45) is 11.7 Å². The van der Waals surface area contributed by atoms with Gasteiger partial charge >= 0.3 is 0 Å². The van der Waals surface area contributed by atoms with E-state index in [-0.39, 0.29) is 12.3 Å². The van der Waals surface area contributed by atoms with Crippen LogP contribution < -0.4 is 5.73 Å². The van der Waals surface area contributed by atoms with Crippen molar-refractivity contribution in [2.45, 2.75) is 39.3 Å². The van der Waals surface area contributed by atoms with Gasteiger partial charge in [-0.05, 0) is 18.8 Å². The van der Waals surface area contributed by atoms with E-state index in [1.165, 1.54) is 0 Å². The molecule has 1 aromatic rings. The molecular formula is C15H26N4O3. The number of nitrogens with two attached hydrogens (primary N) is 1. The topological polar surface area (TPSA) is 92.3 Å². The lowest BCUT2D eigenvalue weighted by molar-refractivity contribution is -0.119. The number of rotatable bonds is 13. The number of ether oxygens (including phenoxy) is 2. The molecule has 22 heavy (non-hydrogen) atoms. The first-order valence-corrected chi connectivity index (χ1v) is 7.57. The summed E-state index contributed by atoms with van der Waals surface area (Å²) in [5.74, 6) is 0.125. The van der Waals surface area contributed by atoms with Gasteiger partial charge in [0.15, 0.2) is 0 Å². The van der Waals surface area contributed by atoms with Gasteiger partial charge in [0.25, 0.3) is 0 Å². The quantitative estimate of drug-likeness (QED) is 0.438. The fourth-order valence-electron chi connectivity index (χ4n) is 1.68. The number of amides is 1. The van der Waals surface area contributed by atoms with Gasteiger partial charge in [0, 0.05) is 26.2 Å². The molecule has 0 bridgehead atoms. The number of aromatic nitrogens is 3. The van der Waals surface area contributed by atoms with E-state index in [0.29, 0.717) is 32.3 Å². The lowest BCUT2D eigenvalue weighted by atomic mass is 10.1. The second-order valence-corrected chi connectivity index (χ2v) is 5.21. The van der Waals surface area contributed by atoms with Crippen LogP contribution in [0.2, 0.25) is 0 Å². The fraction of sp³-hybridized carbons (Fsp3) is 0.667. The molecule has 1 unspecified atom stereocenters. The number of hydrogen-bond donors (Lipinski definition) is 1. The highest BCUT2D eigenvalue weighted by Crippen LogP contribution is 2.05. The summed E-state index contributed by atoms with van der Waals surface area (Å²) in [6.07, 6.45) is 5.86. The highest BCUT2D eigenvalue weighted by Gasteiger charge is 2.03. The molecule has 0 spiro atoms. The Morgan fingerprint density at radius 3 is 2.95 bits per heavy atom. The molecule has 0 aliphatic rings. The van der Waals surface area contributed by atoms with Crippen LogP contribution in [0.1, 0.15) is 31.9 Å². The SMILES string of the molecule is C=CC(C)CCn1cc(COCCCOCCC(N)=O)nn1. The minimum atomic E-state index is -0.346. The molecule has 1 atom stereocenters. The zero-order chi connectivity index (χ0) is 16.2. The molecule has 0 fully saturated rings. The predicted octanol–water partition coefficient (Wildman–Crippen LogP) is 1.29. The first-order chi connectivity index (χ1) is 10.6. The van der Waals surface area contributed by atoms with Crippen LogP contribution in [-0.4, -0.2) is 40.7 Å². The Morgan fingerprint density at radius 1 is 1.45 bits per heavy atom. The fourth-order valence-corrected chi connectivity index (χ4v) is 1.68. The van der Waals surface area contributed by atoms with E-state index in [2.05, 4.69) is 23.8 Å². The van der Waals surface area contributed by atoms with Crippen LogP contribution in [0, 0.1) is 5.92 Å². The zero-order valence-corrected chi connectivity index (χ0v) is 13.2. The third kappa shape index (κ3) is 8.53. The van der Waals surface area contributed by atoms with Gasteiger partial charge in [-0.2, -0.15) is 0 Å². The third-order valence-corrected chi connectivity index (χ3v) is 3.12. The van der Waals surface area contributed by atoms with Crippen molar-refractivity contribution in [2.75, 3.05) is 19.8 Å². The molecule has 1 amide bonds. The maximum atomic E-state index is 10.5. The van der Waals surface area contributed by atoms with Crippen molar-refractivity contribution in [1.82, 2.24) is 15.0 Å². The molecule has 7 heteroatoms. The summed E-state index contributed by atoms with van der Waals surface area (Å²) in [5, 5.41) is 8.13. The largest absolute Gasteiger partial charge is 0.381 e. The molecule has 1 heterocycles. The number of carbonyl (C=O) groups is 1. The molecule has 2 N–H and O–H groups in total. The van der Waals surface area contributed by atoms with Gasteiger partial charge in [0.05, 0.1) is 19.4 Å². The predicted molar refractivity (Wildman–Crippen MR) is 82.9 cm³/mol. The summed E-state index contributed by atoms with van der Waals surface area (Å²) in [6, 6.07) is 0. The van der Waals surface area contributed by atoms with E-state index >= 15 is 0 Å². The Labute approximate surface area is 131 Å². The van der Waals surface area contributed by atoms with Crippen molar-refractivity contribution >= 4 is 5.91 Å². The van der Waals surface area contributed by atoms with E-state index < -0.39 is 0 Å². The second kappa shape index (κ2) is 10.9. The highest BCUT2D eigenvalue weighted by atomic mass is 16.5. The summed E-state index contributed by atoms with van der Waals surface area (Å²) in [7, 11) is 0. The Morgan fingerprint density at radius 2 is 2.23 bits per heavy atom. The highest BCUT2D eigenvalue weighted by molar-refractivity contribution is 5.73. The van der Waals surface area contributed by atoms with Crippen molar-refractivity contribution < 1.29 is 14.3 Å². The zero-order valence-electron chi connectivity index (χ0n) is 13.2. The lowest BCUT2D eigenvalue weighted by Gasteiger charge is -2.04. The Hall–Kier alpha value is -1.73. The molecule has 0 radical (unpaired) electrons. The normalized spacial score (nSPS) is 12.2. The molecule has 1 aromatic heterocycles. The molecule has 0 aromatic carbocycles. The standard InChI is InChI=1S/C15H26N4O3/c1-3-13(2)5-7-19-11-14(17-18-19)12-22-9-4-8-21-10-6-15(16)20/h3,11,13H,1,4-10,12H2,2H3,(H2,16,20). The number of hydrogen-bond acceptors (Lipinski definition) is 5. The van der Waals surface area contributed by atoms with Gasteiger partial charge in [-0.15, -0.1) is 11.7 Å². The summed E-state index contributed by atoms with van der Waals surface area (Å²) < 4.78 is 12.6. The van der Waals surface area contributed by atoms with Gasteiger partial charge in [0.2, 0.25) is 5.91 Å². The molecule has 0 saturated carbocycles. The van der Waals surface area contributed by atoms with Crippen LogP contribution in [0.15, 0.2) is 18.9 Å². The smallest absolute Gasteiger partial charge is 0.219 e. The number of allylic oxidation sites excluding steroid dienone is 1. The maximum absolute atomic E-state index is 10.5. The molecular weight excluding hydrogens is 284 g/mol. The van der Waals surface area contributed by atoms with Crippen LogP contribution >= 0.6 is 0 Å². The molecule has 0 aliphatic carbocycles. The number of nitrogens with zero attached hydrogens (tertiary/aromatic N) is 3. The average Bonchev–Trinajstić information content (AvgIpc) is 2.95. The van der Waals surface area contributed by atoms with E-state index in [9.17, 15) is 4.79 Å². The minimum Gasteiger partial charge on any atom is -0.381 e. The van der Waals surface area contributed by atoms with Gasteiger partial charge in [-0.1, -0.05) is 18.2 Å². The van der Waals surface area contributed by atoms with E-state index in [4.69, 9.17) is 15.2 Å². The van der Waals surface area contributed by atoms with Gasteiger partial charge < -0.3 is 15.2 Å².